The number of nitro benzene ring substituents is 1. The highest BCUT2D eigenvalue weighted by Crippen LogP contribution is 2.28. The molecule has 6 heteroatoms. The summed E-state index contributed by atoms with van der Waals surface area (Å²) < 4.78 is 0.512. The first kappa shape index (κ1) is 13.5. The maximum atomic E-state index is 10.8. The molecule has 0 aliphatic heterocycles. The second kappa shape index (κ2) is 6.26. The molecule has 2 rings (SSSR count). The molecule has 1 N–H and O–H groups in total. The van der Waals surface area contributed by atoms with Crippen LogP contribution in [0.15, 0.2) is 22.7 Å². The smallest absolute Gasteiger partial charge is 0.283 e. The van der Waals surface area contributed by atoms with Gasteiger partial charge in [-0.1, -0.05) is 25.0 Å². The molecule has 18 heavy (non-hydrogen) atoms. The highest BCUT2D eigenvalue weighted by Gasteiger charge is 2.17. The summed E-state index contributed by atoms with van der Waals surface area (Å²) in [6.07, 6.45) is 4.88. The van der Waals surface area contributed by atoms with Crippen LogP contribution in [-0.4, -0.2) is 11.0 Å². The maximum absolute atomic E-state index is 10.8. The van der Waals surface area contributed by atoms with E-state index in [4.69, 9.17) is 4.84 Å². The summed E-state index contributed by atoms with van der Waals surface area (Å²) >= 11 is 3.26. The summed E-state index contributed by atoms with van der Waals surface area (Å²) in [6.45, 7) is 0.457. The summed E-state index contributed by atoms with van der Waals surface area (Å²) in [7, 11) is 0. The summed E-state index contributed by atoms with van der Waals surface area (Å²) in [5, 5.41) is 10.8. The van der Waals surface area contributed by atoms with Crippen molar-refractivity contribution in [3.8, 4) is 0 Å². The zero-order valence-corrected chi connectivity index (χ0v) is 11.5. The van der Waals surface area contributed by atoms with Crippen LogP contribution in [0.2, 0.25) is 0 Å². The lowest BCUT2D eigenvalue weighted by molar-refractivity contribution is -0.385. The fraction of sp³-hybridized carbons (Fsp3) is 0.500. The number of hydrogen-bond donors (Lipinski definition) is 1. The van der Waals surface area contributed by atoms with Crippen molar-refractivity contribution in [1.82, 2.24) is 5.48 Å². The van der Waals surface area contributed by atoms with E-state index in [2.05, 4.69) is 21.4 Å². The van der Waals surface area contributed by atoms with Gasteiger partial charge in [0.25, 0.3) is 5.69 Å². The quantitative estimate of drug-likeness (QED) is 0.669. The van der Waals surface area contributed by atoms with Crippen molar-refractivity contribution in [2.24, 2.45) is 0 Å². The van der Waals surface area contributed by atoms with Crippen LogP contribution in [-0.2, 0) is 11.4 Å². The number of nitro groups is 1. The lowest BCUT2D eigenvalue weighted by Crippen LogP contribution is -2.21. The minimum absolute atomic E-state index is 0.0789. The van der Waals surface area contributed by atoms with E-state index >= 15 is 0 Å². The standard InChI is InChI=1S/C12H15BrN2O3/c13-12-9(4-3-7-11(12)15(16)17)8-14-18-10-5-1-2-6-10/h3-4,7,10,14H,1-2,5-6,8H2. The molecular formula is C12H15BrN2O3. The van der Waals surface area contributed by atoms with Gasteiger partial charge in [0.2, 0.25) is 0 Å². The highest BCUT2D eigenvalue weighted by molar-refractivity contribution is 9.10. The lowest BCUT2D eigenvalue weighted by atomic mass is 10.2. The number of halogens is 1. The van der Waals surface area contributed by atoms with Crippen molar-refractivity contribution in [3.63, 3.8) is 0 Å². The Bertz CT molecular complexity index is 433. The van der Waals surface area contributed by atoms with E-state index < -0.39 is 4.92 Å². The van der Waals surface area contributed by atoms with E-state index in [1.807, 2.05) is 6.07 Å². The minimum atomic E-state index is -0.397. The van der Waals surface area contributed by atoms with Gasteiger partial charge in [-0.15, -0.1) is 0 Å². The Kier molecular flexibility index (Phi) is 4.68. The summed E-state index contributed by atoms with van der Waals surface area (Å²) in [6, 6.07) is 4.99. The van der Waals surface area contributed by atoms with Gasteiger partial charge in [0.15, 0.2) is 0 Å². The molecule has 5 nitrogen and oxygen atoms in total. The zero-order valence-electron chi connectivity index (χ0n) is 9.89. The number of hydroxylamine groups is 1. The van der Waals surface area contributed by atoms with Gasteiger partial charge in [-0.25, -0.2) is 0 Å². The van der Waals surface area contributed by atoms with E-state index in [1.165, 1.54) is 18.9 Å². The molecule has 1 saturated carbocycles. The van der Waals surface area contributed by atoms with Crippen LogP contribution in [0.3, 0.4) is 0 Å². The van der Waals surface area contributed by atoms with Crippen LogP contribution < -0.4 is 5.48 Å². The monoisotopic (exact) mass is 314 g/mol. The second-order valence-electron chi connectivity index (χ2n) is 4.35. The van der Waals surface area contributed by atoms with Crippen molar-refractivity contribution in [3.05, 3.63) is 38.3 Å². The van der Waals surface area contributed by atoms with Crippen LogP contribution in [0.25, 0.3) is 0 Å². The predicted molar refractivity (Wildman–Crippen MR) is 71.0 cm³/mol. The van der Waals surface area contributed by atoms with Gasteiger partial charge < -0.3 is 0 Å². The van der Waals surface area contributed by atoms with E-state index in [0.717, 1.165) is 18.4 Å². The average molecular weight is 315 g/mol. The number of nitrogens with zero attached hydrogens (tertiary/aromatic N) is 1. The molecule has 0 aromatic heterocycles. The first-order valence-electron chi connectivity index (χ1n) is 5.99. The lowest BCUT2D eigenvalue weighted by Gasteiger charge is -2.12. The molecule has 1 aliphatic carbocycles. The molecule has 1 aromatic rings. The molecule has 0 amide bonds. The molecule has 0 saturated heterocycles. The normalized spacial score (nSPS) is 16.1. The molecule has 0 unspecified atom stereocenters. The van der Waals surface area contributed by atoms with Crippen LogP contribution >= 0.6 is 15.9 Å². The molecule has 1 fully saturated rings. The van der Waals surface area contributed by atoms with Crippen LogP contribution in [0, 0.1) is 10.1 Å². The minimum Gasteiger partial charge on any atom is -0.298 e. The molecule has 1 aliphatic rings. The Balaban J connectivity index is 1.92. The topological polar surface area (TPSA) is 64.4 Å². The SMILES string of the molecule is O=[N+]([O-])c1cccc(CNOC2CCCC2)c1Br. The van der Waals surface area contributed by atoms with Crippen LogP contribution in [0.4, 0.5) is 5.69 Å². The second-order valence-corrected chi connectivity index (χ2v) is 5.15. The summed E-state index contributed by atoms with van der Waals surface area (Å²) in [4.78, 5) is 15.9. The molecule has 0 spiro atoms. The van der Waals surface area contributed by atoms with Gasteiger partial charge in [-0.3, -0.25) is 15.0 Å². The third-order valence-corrected chi connectivity index (χ3v) is 3.99. The van der Waals surface area contributed by atoms with Crippen molar-refractivity contribution in [2.75, 3.05) is 0 Å². The van der Waals surface area contributed by atoms with Crippen molar-refractivity contribution in [2.45, 2.75) is 38.3 Å². The van der Waals surface area contributed by atoms with Crippen molar-refractivity contribution in [1.29, 1.82) is 0 Å². The van der Waals surface area contributed by atoms with E-state index in [-0.39, 0.29) is 11.8 Å². The Labute approximate surface area is 114 Å². The molecule has 0 heterocycles. The van der Waals surface area contributed by atoms with Gasteiger partial charge in [0, 0.05) is 12.6 Å². The third-order valence-electron chi connectivity index (χ3n) is 3.07. The van der Waals surface area contributed by atoms with Crippen LogP contribution in [0.1, 0.15) is 31.2 Å². The van der Waals surface area contributed by atoms with E-state index in [0.29, 0.717) is 11.0 Å². The maximum Gasteiger partial charge on any atom is 0.283 e. The van der Waals surface area contributed by atoms with Gasteiger partial charge >= 0.3 is 0 Å². The van der Waals surface area contributed by atoms with Gasteiger partial charge in [0.1, 0.15) is 0 Å². The van der Waals surface area contributed by atoms with Crippen molar-refractivity contribution < 1.29 is 9.76 Å². The summed E-state index contributed by atoms with van der Waals surface area (Å²) in [5.74, 6) is 0. The van der Waals surface area contributed by atoms with E-state index in [9.17, 15) is 10.1 Å². The third kappa shape index (κ3) is 3.28. The fourth-order valence-electron chi connectivity index (χ4n) is 2.09. The van der Waals surface area contributed by atoms with Gasteiger partial charge in [-0.2, -0.15) is 5.48 Å². The summed E-state index contributed by atoms with van der Waals surface area (Å²) in [5.41, 5.74) is 3.80. The zero-order chi connectivity index (χ0) is 13.0. The largest absolute Gasteiger partial charge is 0.298 e. The Morgan fingerprint density at radius 1 is 1.44 bits per heavy atom. The molecule has 98 valence electrons. The first-order chi connectivity index (χ1) is 8.68. The van der Waals surface area contributed by atoms with E-state index in [1.54, 1.807) is 6.07 Å². The fourth-order valence-corrected chi connectivity index (χ4v) is 2.64. The van der Waals surface area contributed by atoms with Crippen molar-refractivity contribution >= 4 is 21.6 Å². The van der Waals surface area contributed by atoms with Gasteiger partial charge in [0.05, 0.1) is 15.5 Å². The number of hydrogen-bond acceptors (Lipinski definition) is 4. The first-order valence-corrected chi connectivity index (χ1v) is 6.78. The Morgan fingerprint density at radius 3 is 2.83 bits per heavy atom. The molecular weight excluding hydrogens is 300 g/mol. The highest BCUT2D eigenvalue weighted by atomic mass is 79.9. The number of benzene rings is 1. The number of nitrogens with one attached hydrogen (secondary N) is 1. The Hall–Kier alpha value is -0.980. The Morgan fingerprint density at radius 2 is 2.17 bits per heavy atom. The van der Waals surface area contributed by atoms with Crippen LogP contribution in [0.5, 0.6) is 0 Å². The van der Waals surface area contributed by atoms with Gasteiger partial charge in [-0.05, 0) is 34.3 Å². The number of rotatable bonds is 5. The molecule has 0 bridgehead atoms. The molecule has 0 radical (unpaired) electrons. The molecule has 1 aromatic carbocycles. The molecule has 0 atom stereocenters. The predicted octanol–water partition coefficient (Wildman–Crippen LogP) is 3.32. The average Bonchev–Trinajstić information content (AvgIpc) is 2.84.